The lowest BCUT2D eigenvalue weighted by Gasteiger charge is -2.59. The third-order valence-corrected chi connectivity index (χ3v) is 13.7. The number of anilines is 4. The number of hydrogen-bond donors (Lipinski definition) is 2. The summed E-state index contributed by atoms with van der Waals surface area (Å²) in [5, 5.41) is 3.23. The van der Waals surface area contributed by atoms with E-state index in [0.717, 1.165) is 67.8 Å². The van der Waals surface area contributed by atoms with E-state index in [4.69, 9.17) is 10.7 Å². The molecule has 4 bridgehead atoms. The van der Waals surface area contributed by atoms with Crippen molar-refractivity contribution in [3.63, 3.8) is 0 Å². The molecule has 7 aliphatic rings. The van der Waals surface area contributed by atoms with E-state index in [9.17, 15) is 18.0 Å². The number of para-hydroxylation sites is 2. The first kappa shape index (κ1) is 28.1. The standard InChI is InChI=1S/C32H41N7O4S/c33-30(40)32-17-21-15-22(18-32)29(23(16-21)19-32)35-31(41)39-14-13-38(26-3-1-2-4-27(26)39)28-8-5-24(20-34-28)36-9-11-37(12-10-36)44(42,43)25-6-7-25/h1-5,8,20-23,25,29H,6-7,9-19H2,(H2,33,40)(H,35,41)/t21?,22-,23+,29?,32?. The Hall–Kier alpha value is -3.38. The van der Waals surface area contributed by atoms with Crippen LogP contribution in [0.4, 0.5) is 27.7 Å². The Morgan fingerprint density at radius 2 is 1.59 bits per heavy atom. The maximum atomic E-state index is 13.8. The van der Waals surface area contributed by atoms with Gasteiger partial charge in [-0.1, -0.05) is 12.1 Å². The molecule has 3 unspecified atom stereocenters. The van der Waals surface area contributed by atoms with Crippen LogP contribution in [0.1, 0.15) is 44.9 Å². The van der Waals surface area contributed by atoms with E-state index >= 15 is 0 Å². The maximum Gasteiger partial charge on any atom is 0.322 e. The van der Waals surface area contributed by atoms with Crippen LogP contribution in [-0.4, -0.2) is 80.2 Å². The summed E-state index contributed by atoms with van der Waals surface area (Å²) in [6.45, 7) is 3.45. The number of sulfonamides is 1. The van der Waals surface area contributed by atoms with Gasteiger partial charge in [0.05, 0.1) is 28.5 Å². The number of carbonyl (C=O) groups is 2. The highest BCUT2D eigenvalue weighted by molar-refractivity contribution is 7.90. The summed E-state index contributed by atoms with van der Waals surface area (Å²) >= 11 is 0. The number of rotatable bonds is 6. The molecule has 5 saturated carbocycles. The Labute approximate surface area is 258 Å². The smallest absolute Gasteiger partial charge is 0.322 e. The number of aromatic nitrogens is 1. The molecule has 1 saturated heterocycles. The number of nitrogens with one attached hydrogen (secondary N) is 1. The normalized spacial score (nSPS) is 31.6. The average Bonchev–Trinajstić information content (AvgIpc) is 3.89. The first-order chi connectivity index (χ1) is 21.2. The molecule has 5 atom stereocenters. The molecule has 234 valence electrons. The Morgan fingerprint density at radius 1 is 0.886 bits per heavy atom. The van der Waals surface area contributed by atoms with Gasteiger partial charge in [0, 0.05) is 50.7 Å². The second kappa shape index (κ2) is 10.3. The van der Waals surface area contributed by atoms with Gasteiger partial charge in [0.1, 0.15) is 5.82 Å². The number of hydrogen-bond acceptors (Lipinski definition) is 7. The molecule has 2 aliphatic heterocycles. The van der Waals surface area contributed by atoms with E-state index in [1.165, 1.54) is 0 Å². The lowest BCUT2D eigenvalue weighted by atomic mass is 9.47. The zero-order valence-corrected chi connectivity index (χ0v) is 25.8. The van der Waals surface area contributed by atoms with Gasteiger partial charge >= 0.3 is 6.03 Å². The fourth-order valence-corrected chi connectivity index (χ4v) is 10.9. The van der Waals surface area contributed by atoms with Crippen molar-refractivity contribution in [3.8, 4) is 0 Å². The second-order valence-corrected chi connectivity index (χ2v) is 16.1. The fourth-order valence-electron chi connectivity index (χ4n) is 9.10. The molecule has 44 heavy (non-hydrogen) atoms. The van der Waals surface area contributed by atoms with Gasteiger partial charge in [0.2, 0.25) is 15.9 Å². The Balaban J connectivity index is 0.946. The van der Waals surface area contributed by atoms with Crippen LogP contribution in [0.25, 0.3) is 0 Å². The number of fused-ring (bicyclic) bond motifs is 1. The molecule has 1 aromatic heterocycles. The highest BCUT2D eigenvalue weighted by atomic mass is 32.2. The van der Waals surface area contributed by atoms with Gasteiger partial charge in [0.25, 0.3) is 0 Å². The summed E-state index contributed by atoms with van der Waals surface area (Å²) in [7, 11) is -3.14. The molecular formula is C32H41N7O4S. The van der Waals surface area contributed by atoms with E-state index in [1.54, 1.807) is 4.31 Å². The van der Waals surface area contributed by atoms with Crippen molar-refractivity contribution in [2.24, 2.45) is 28.9 Å². The summed E-state index contributed by atoms with van der Waals surface area (Å²) < 4.78 is 26.9. The number of amides is 3. The van der Waals surface area contributed by atoms with Gasteiger partial charge in [-0.15, -0.1) is 0 Å². The number of piperazine rings is 1. The number of pyridine rings is 1. The van der Waals surface area contributed by atoms with Crippen LogP contribution >= 0.6 is 0 Å². The third-order valence-electron chi connectivity index (χ3n) is 11.3. The number of primary amides is 1. The number of urea groups is 1. The summed E-state index contributed by atoms with van der Waals surface area (Å²) in [5.74, 6) is 1.82. The minimum Gasteiger partial charge on any atom is -0.369 e. The monoisotopic (exact) mass is 619 g/mol. The highest BCUT2D eigenvalue weighted by Gasteiger charge is 2.58. The summed E-state index contributed by atoms with van der Waals surface area (Å²) in [4.78, 5) is 37.2. The van der Waals surface area contributed by atoms with E-state index in [2.05, 4.69) is 21.2 Å². The number of carbonyl (C=O) groups excluding carboxylic acids is 2. The Bertz CT molecular complexity index is 1560. The second-order valence-electron chi connectivity index (χ2n) is 13.9. The highest BCUT2D eigenvalue weighted by Crippen LogP contribution is 2.60. The van der Waals surface area contributed by atoms with Gasteiger partial charge < -0.3 is 20.9 Å². The topological polar surface area (TPSA) is 132 Å². The zero-order valence-electron chi connectivity index (χ0n) is 25.0. The molecule has 2 aromatic rings. The van der Waals surface area contributed by atoms with E-state index in [0.29, 0.717) is 57.0 Å². The maximum absolute atomic E-state index is 13.8. The third kappa shape index (κ3) is 4.63. The van der Waals surface area contributed by atoms with E-state index in [-0.39, 0.29) is 28.6 Å². The van der Waals surface area contributed by atoms with Crippen molar-refractivity contribution < 1.29 is 18.0 Å². The lowest BCUT2D eigenvalue weighted by molar-refractivity contribution is -0.145. The predicted molar refractivity (Wildman–Crippen MR) is 168 cm³/mol. The molecule has 0 radical (unpaired) electrons. The van der Waals surface area contributed by atoms with Crippen LogP contribution in [-0.2, 0) is 14.8 Å². The predicted octanol–water partition coefficient (Wildman–Crippen LogP) is 3.04. The molecule has 3 amide bonds. The van der Waals surface area contributed by atoms with E-state index in [1.807, 2.05) is 41.4 Å². The molecule has 3 N–H and O–H groups in total. The van der Waals surface area contributed by atoms with Crippen LogP contribution in [0.3, 0.4) is 0 Å². The molecule has 1 aromatic carbocycles. The SMILES string of the molecule is NC(=O)C12CC3C[C@H](C1)C(NC(=O)N1CCN(c4ccc(N5CCN(S(=O)(=O)C6CC6)CC5)cn4)c4ccccc41)[C@@H](C3)C2. The van der Waals surface area contributed by atoms with Crippen molar-refractivity contribution >= 4 is 44.8 Å². The van der Waals surface area contributed by atoms with Crippen molar-refractivity contribution in [2.45, 2.75) is 56.2 Å². The summed E-state index contributed by atoms with van der Waals surface area (Å²) in [5.41, 5.74) is 8.28. The van der Waals surface area contributed by atoms with Gasteiger partial charge in [-0.05, 0) is 87.0 Å². The lowest BCUT2D eigenvalue weighted by Crippen LogP contribution is -2.63. The van der Waals surface area contributed by atoms with Gasteiger partial charge in [-0.3, -0.25) is 9.69 Å². The molecule has 11 nitrogen and oxygen atoms in total. The van der Waals surface area contributed by atoms with Gasteiger partial charge in [0.15, 0.2) is 0 Å². The van der Waals surface area contributed by atoms with Crippen LogP contribution < -0.4 is 25.8 Å². The van der Waals surface area contributed by atoms with E-state index < -0.39 is 10.0 Å². The average molecular weight is 620 g/mol. The number of nitrogens with zero attached hydrogens (tertiary/aromatic N) is 5. The van der Waals surface area contributed by atoms with Crippen LogP contribution in [0.15, 0.2) is 42.6 Å². The quantitative estimate of drug-likeness (QED) is 0.508. The fraction of sp³-hybridized carbons (Fsp3) is 0.594. The largest absolute Gasteiger partial charge is 0.369 e. The molecule has 6 fully saturated rings. The van der Waals surface area contributed by atoms with Crippen molar-refractivity contribution in [2.75, 3.05) is 54.0 Å². The van der Waals surface area contributed by atoms with Crippen LogP contribution in [0, 0.1) is 23.2 Å². The van der Waals surface area contributed by atoms with Crippen molar-refractivity contribution in [1.82, 2.24) is 14.6 Å². The van der Waals surface area contributed by atoms with Crippen LogP contribution in [0.5, 0.6) is 0 Å². The summed E-state index contributed by atoms with van der Waals surface area (Å²) in [6, 6.07) is 12.0. The minimum absolute atomic E-state index is 0.0751. The first-order valence-electron chi connectivity index (χ1n) is 16.2. The summed E-state index contributed by atoms with van der Waals surface area (Å²) in [6.07, 6.45) is 8.08. The first-order valence-corrected chi connectivity index (χ1v) is 17.7. The van der Waals surface area contributed by atoms with Gasteiger partial charge in [-0.2, -0.15) is 4.31 Å². The Morgan fingerprint density at radius 3 is 2.23 bits per heavy atom. The van der Waals surface area contributed by atoms with Crippen molar-refractivity contribution in [3.05, 3.63) is 42.6 Å². The molecule has 3 heterocycles. The number of nitrogens with two attached hydrogens (primary N) is 1. The minimum atomic E-state index is -3.14. The molecule has 9 rings (SSSR count). The Kier molecular flexibility index (Phi) is 6.60. The number of benzene rings is 1. The van der Waals surface area contributed by atoms with Crippen LogP contribution in [0.2, 0.25) is 0 Å². The molecule has 5 aliphatic carbocycles. The molecular weight excluding hydrogens is 578 g/mol. The zero-order chi connectivity index (χ0) is 30.2. The molecule has 12 heteroatoms. The van der Waals surface area contributed by atoms with Crippen molar-refractivity contribution in [1.29, 1.82) is 0 Å². The molecule has 0 spiro atoms. The van der Waals surface area contributed by atoms with Gasteiger partial charge in [-0.25, -0.2) is 18.2 Å².